The first-order chi connectivity index (χ1) is 3.70. The van der Waals surface area contributed by atoms with Crippen molar-refractivity contribution in [2.75, 3.05) is 0 Å². The third kappa shape index (κ3) is 1.03. The van der Waals surface area contributed by atoms with Gasteiger partial charge >= 0.3 is 0 Å². The number of hydrogen-bond donors (Lipinski definition) is 1. The lowest BCUT2D eigenvalue weighted by molar-refractivity contribution is 0.0465. The maximum atomic E-state index is 8.99. The van der Waals surface area contributed by atoms with Gasteiger partial charge < -0.3 is 5.11 Å². The monoisotopic (exact) mass is 114 g/mol. The molecule has 1 rings (SSSR count). The second-order valence-corrected chi connectivity index (χ2v) is 3.08. The molecule has 8 heavy (non-hydrogen) atoms. The molecular formula is C7H14O. The second-order valence-electron chi connectivity index (χ2n) is 3.08. The summed E-state index contributed by atoms with van der Waals surface area (Å²) in [6.07, 6.45) is 2.40. The lowest BCUT2D eigenvalue weighted by Crippen LogP contribution is -2.29. The molecule has 1 saturated carbocycles. The fraction of sp³-hybridized carbons (Fsp3) is 1.00. The quantitative estimate of drug-likeness (QED) is 0.546. The predicted octanol–water partition coefficient (Wildman–Crippen LogP) is 1.41. The van der Waals surface area contributed by atoms with E-state index in [4.69, 9.17) is 5.11 Å². The summed E-state index contributed by atoms with van der Waals surface area (Å²) in [5.41, 5.74) is 0. The molecule has 0 unspecified atom stereocenters. The molecule has 0 saturated heterocycles. The Morgan fingerprint density at radius 1 is 1.50 bits per heavy atom. The van der Waals surface area contributed by atoms with Crippen LogP contribution in [0.1, 0.15) is 26.7 Å². The van der Waals surface area contributed by atoms with Crippen molar-refractivity contribution >= 4 is 0 Å². The van der Waals surface area contributed by atoms with E-state index in [1.807, 2.05) is 6.92 Å². The van der Waals surface area contributed by atoms with Crippen molar-refractivity contribution in [1.29, 1.82) is 0 Å². The average molecular weight is 114 g/mol. The smallest absolute Gasteiger partial charge is 0.0540 e. The van der Waals surface area contributed by atoms with Gasteiger partial charge in [0.25, 0.3) is 0 Å². The first kappa shape index (κ1) is 6.09. The molecule has 1 atom stereocenters. The molecule has 0 heterocycles. The number of hydrogen-bond acceptors (Lipinski definition) is 1. The van der Waals surface area contributed by atoms with Crippen molar-refractivity contribution in [3.05, 3.63) is 0 Å². The summed E-state index contributed by atoms with van der Waals surface area (Å²) in [4.78, 5) is 0. The maximum Gasteiger partial charge on any atom is 0.0540 e. The van der Waals surface area contributed by atoms with Gasteiger partial charge in [0.2, 0.25) is 0 Å². The molecule has 1 fully saturated rings. The maximum absolute atomic E-state index is 8.99. The molecule has 0 aromatic carbocycles. The van der Waals surface area contributed by atoms with E-state index in [1.54, 1.807) is 0 Å². The molecule has 1 nitrogen and oxygen atoms in total. The molecule has 48 valence electrons. The molecule has 1 N–H and O–H groups in total. The average Bonchev–Trinajstić information content (AvgIpc) is 1.57. The predicted molar refractivity (Wildman–Crippen MR) is 33.6 cm³/mol. The van der Waals surface area contributed by atoms with Gasteiger partial charge in [-0.3, -0.25) is 0 Å². The summed E-state index contributed by atoms with van der Waals surface area (Å²) in [6.45, 7) is 4.12. The van der Waals surface area contributed by atoms with E-state index in [0.717, 1.165) is 5.92 Å². The Balaban J connectivity index is 2.15. The van der Waals surface area contributed by atoms with Gasteiger partial charge in [-0.2, -0.15) is 0 Å². The van der Waals surface area contributed by atoms with Crippen LogP contribution >= 0.6 is 0 Å². The van der Waals surface area contributed by atoms with Gasteiger partial charge in [-0.25, -0.2) is 0 Å². The Hall–Kier alpha value is -0.0400. The Morgan fingerprint density at radius 3 is 2.12 bits per heavy atom. The third-order valence-corrected chi connectivity index (χ3v) is 2.09. The minimum absolute atomic E-state index is 0.0637. The molecule has 0 radical (unpaired) electrons. The van der Waals surface area contributed by atoms with E-state index in [0.29, 0.717) is 5.92 Å². The highest BCUT2D eigenvalue weighted by atomic mass is 16.3. The Morgan fingerprint density at radius 2 is 2.00 bits per heavy atom. The van der Waals surface area contributed by atoms with Gasteiger partial charge in [0, 0.05) is 0 Å². The fourth-order valence-electron chi connectivity index (χ4n) is 1.36. The molecule has 0 amide bonds. The summed E-state index contributed by atoms with van der Waals surface area (Å²) >= 11 is 0. The van der Waals surface area contributed by atoms with E-state index in [-0.39, 0.29) is 6.10 Å². The summed E-state index contributed by atoms with van der Waals surface area (Å²) in [7, 11) is 0. The molecule has 0 bridgehead atoms. The van der Waals surface area contributed by atoms with Crippen LogP contribution in [-0.2, 0) is 0 Å². The molecule has 0 spiro atoms. The lowest BCUT2D eigenvalue weighted by Gasteiger charge is -2.34. The molecule has 0 aliphatic heterocycles. The number of aliphatic hydroxyl groups excluding tert-OH is 1. The van der Waals surface area contributed by atoms with Gasteiger partial charge in [-0.1, -0.05) is 6.92 Å². The zero-order chi connectivity index (χ0) is 6.15. The largest absolute Gasteiger partial charge is 0.393 e. The molecule has 0 aromatic heterocycles. The molecule has 1 aliphatic carbocycles. The van der Waals surface area contributed by atoms with Crippen LogP contribution in [0.15, 0.2) is 0 Å². The lowest BCUT2D eigenvalue weighted by atomic mass is 9.73. The zero-order valence-electron chi connectivity index (χ0n) is 5.59. The van der Waals surface area contributed by atoms with Crippen LogP contribution in [0.3, 0.4) is 0 Å². The summed E-state index contributed by atoms with van der Waals surface area (Å²) in [5.74, 6) is 1.49. The standard InChI is InChI=1S/C7H14O/c1-5-3-7(4-5)6(2)8/h5-8H,3-4H2,1-2H3/t5?,6-,7?/m1/s1. The van der Waals surface area contributed by atoms with Crippen LogP contribution < -0.4 is 0 Å². The summed E-state index contributed by atoms with van der Waals surface area (Å²) in [5, 5.41) is 8.99. The van der Waals surface area contributed by atoms with Gasteiger partial charge in [0.15, 0.2) is 0 Å². The van der Waals surface area contributed by atoms with Crippen molar-refractivity contribution in [2.45, 2.75) is 32.8 Å². The highest BCUT2D eigenvalue weighted by Crippen LogP contribution is 2.35. The van der Waals surface area contributed by atoms with E-state index >= 15 is 0 Å². The summed E-state index contributed by atoms with van der Waals surface area (Å²) < 4.78 is 0. The minimum Gasteiger partial charge on any atom is -0.393 e. The normalized spacial score (nSPS) is 40.9. The van der Waals surface area contributed by atoms with Crippen molar-refractivity contribution in [2.24, 2.45) is 11.8 Å². The van der Waals surface area contributed by atoms with E-state index in [1.165, 1.54) is 12.8 Å². The fourth-order valence-corrected chi connectivity index (χ4v) is 1.36. The van der Waals surface area contributed by atoms with Crippen LogP contribution in [-0.4, -0.2) is 11.2 Å². The first-order valence-corrected chi connectivity index (χ1v) is 3.38. The first-order valence-electron chi connectivity index (χ1n) is 3.38. The van der Waals surface area contributed by atoms with Crippen LogP contribution in [0.2, 0.25) is 0 Å². The number of rotatable bonds is 1. The van der Waals surface area contributed by atoms with Crippen molar-refractivity contribution in [3.8, 4) is 0 Å². The van der Waals surface area contributed by atoms with Gasteiger partial charge in [-0.05, 0) is 31.6 Å². The van der Waals surface area contributed by atoms with Crippen molar-refractivity contribution in [1.82, 2.24) is 0 Å². The summed E-state index contributed by atoms with van der Waals surface area (Å²) in [6, 6.07) is 0. The highest BCUT2D eigenvalue weighted by Gasteiger charge is 2.28. The Bertz CT molecular complexity index is 72.5. The zero-order valence-corrected chi connectivity index (χ0v) is 5.59. The van der Waals surface area contributed by atoms with Crippen LogP contribution in [0.4, 0.5) is 0 Å². The van der Waals surface area contributed by atoms with Gasteiger partial charge in [0.05, 0.1) is 6.10 Å². The van der Waals surface area contributed by atoms with Gasteiger partial charge in [-0.15, -0.1) is 0 Å². The molecule has 1 aliphatic rings. The van der Waals surface area contributed by atoms with Crippen LogP contribution in [0.5, 0.6) is 0 Å². The van der Waals surface area contributed by atoms with Crippen LogP contribution in [0, 0.1) is 11.8 Å². The van der Waals surface area contributed by atoms with Crippen molar-refractivity contribution in [3.63, 3.8) is 0 Å². The molecule has 0 aromatic rings. The number of aliphatic hydroxyl groups is 1. The van der Waals surface area contributed by atoms with Crippen LogP contribution in [0.25, 0.3) is 0 Å². The third-order valence-electron chi connectivity index (χ3n) is 2.09. The van der Waals surface area contributed by atoms with E-state index in [9.17, 15) is 0 Å². The Labute approximate surface area is 50.7 Å². The van der Waals surface area contributed by atoms with Gasteiger partial charge in [0.1, 0.15) is 0 Å². The second kappa shape index (κ2) is 2.06. The van der Waals surface area contributed by atoms with Crippen molar-refractivity contribution < 1.29 is 5.11 Å². The molecular weight excluding hydrogens is 100 g/mol. The Kier molecular flexibility index (Phi) is 1.57. The topological polar surface area (TPSA) is 20.2 Å². The van der Waals surface area contributed by atoms with E-state index in [2.05, 4.69) is 6.92 Å². The SMILES string of the molecule is CC1CC([C@@H](C)O)C1. The van der Waals surface area contributed by atoms with E-state index < -0.39 is 0 Å². The minimum atomic E-state index is -0.0637. The molecule has 1 heteroatoms. The highest BCUT2D eigenvalue weighted by molar-refractivity contribution is 4.79.